The van der Waals surface area contributed by atoms with Crippen molar-refractivity contribution >= 4 is 17.7 Å². The summed E-state index contributed by atoms with van der Waals surface area (Å²) in [7, 11) is 0. The quantitative estimate of drug-likeness (QED) is 0.155. The average molecular weight is 458 g/mol. The van der Waals surface area contributed by atoms with Crippen LogP contribution in [0.1, 0.15) is 17.1 Å². The van der Waals surface area contributed by atoms with Crippen molar-refractivity contribution in [1.82, 2.24) is 15.2 Å². The third kappa shape index (κ3) is 6.10. The molecular weight excluding hydrogens is 440 g/mol. The summed E-state index contributed by atoms with van der Waals surface area (Å²) in [5.74, 6) is 0.377. The third-order valence-corrected chi connectivity index (χ3v) is 4.53. The van der Waals surface area contributed by atoms with E-state index in [1.54, 1.807) is 24.4 Å². The molecule has 0 N–H and O–H groups in total. The summed E-state index contributed by atoms with van der Waals surface area (Å²) in [5, 5.41) is 18.4. The van der Waals surface area contributed by atoms with Crippen molar-refractivity contribution in [2.75, 3.05) is 0 Å². The summed E-state index contributed by atoms with van der Waals surface area (Å²) >= 11 is 0. The number of nitrogens with zero attached hydrogens (tertiary/aromatic N) is 4. The molecule has 0 radical (unpaired) electrons. The Bertz CT molecular complexity index is 1290. The van der Waals surface area contributed by atoms with Crippen LogP contribution in [0.4, 0.5) is 5.69 Å². The van der Waals surface area contributed by atoms with Crippen molar-refractivity contribution < 1.29 is 23.6 Å². The molecule has 0 amide bonds. The lowest BCUT2D eigenvalue weighted by Gasteiger charge is -2.05. The van der Waals surface area contributed by atoms with E-state index in [0.29, 0.717) is 17.9 Å². The van der Waals surface area contributed by atoms with Crippen LogP contribution in [0.2, 0.25) is 0 Å². The molecule has 4 aromatic rings. The van der Waals surface area contributed by atoms with Crippen LogP contribution in [0, 0.1) is 10.1 Å². The molecule has 10 heteroatoms. The summed E-state index contributed by atoms with van der Waals surface area (Å²) in [5.41, 5.74) is 2.09. The zero-order valence-corrected chi connectivity index (χ0v) is 17.7. The summed E-state index contributed by atoms with van der Waals surface area (Å²) < 4.78 is 16.2. The first-order valence-corrected chi connectivity index (χ1v) is 10.1. The molecule has 0 saturated carbocycles. The van der Waals surface area contributed by atoms with E-state index in [1.165, 1.54) is 30.3 Å². The third-order valence-electron chi connectivity index (χ3n) is 4.53. The number of hydrogen-bond donors (Lipinski definition) is 0. The van der Waals surface area contributed by atoms with Crippen LogP contribution in [-0.4, -0.2) is 26.1 Å². The maximum absolute atomic E-state index is 12.0. The van der Waals surface area contributed by atoms with E-state index in [2.05, 4.69) is 15.2 Å². The van der Waals surface area contributed by atoms with Crippen LogP contribution in [0.3, 0.4) is 0 Å². The van der Waals surface area contributed by atoms with Crippen molar-refractivity contribution in [3.05, 3.63) is 106 Å². The van der Waals surface area contributed by atoms with E-state index in [9.17, 15) is 14.9 Å². The fraction of sp³-hybridized carbons (Fsp3) is 0.0833. The number of carbonyl (C=O) groups is 1. The molecule has 4 rings (SSSR count). The first kappa shape index (κ1) is 22.3. The Hall–Kier alpha value is -4.86. The first-order valence-electron chi connectivity index (χ1n) is 10.1. The maximum atomic E-state index is 12.0. The van der Waals surface area contributed by atoms with Crippen molar-refractivity contribution in [2.45, 2.75) is 13.2 Å². The molecule has 0 saturated heterocycles. The Kier molecular flexibility index (Phi) is 6.99. The normalized spacial score (nSPS) is 10.8. The minimum absolute atomic E-state index is 0.0455. The number of nitro groups is 1. The number of hydrogen-bond acceptors (Lipinski definition) is 9. The van der Waals surface area contributed by atoms with E-state index in [-0.39, 0.29) is 24.1 Å². The van der Waals surface area contributed by atoms with E-state index < -0.39 is 10.9 Å². The Morgan fingerprint density at radius 1 is 1.00 bits per heavy atom. The number of aromatic nitrogens is 3. The second-order valence-electron chi connectivity index (χ2n) is 6.92. The fourth-order valence-electron chi connectivity index (χ4n) is 2.82. The molecule has 2 heterocycles. The topological polar surface area (TPSA) is 130 Å². The second-order valence-corrected chi connectivity index (χ2v) is 6.92. The molecule has 0 unspecified atom stereocenters. The molecule has 0 aliphatic carbocycles. The van der Waals surface area contributed by atoms with Gasteiger partial charge in [0, 0.05) is 30.0 Å². The Morgan fingerprint density at radius 2 is 1.79 bits per heavy atom. The number of benzene rings is 2. The summed E-state index contributed by atoms with van der Waals surface area (Å²) in [4.78, 5) is 26.4. The highest BCUT2D eigenvalue weighted by Crippen LogP contribution is 2.21. The van der Waals surface area contributed by atoms with Crippen LogP contribution in [0.15, 0.2) is 83.4 Å². The predicted molar refractivity (Wildman–Crippen MR) is 120 cm³/mol. The standard InChI is InChI=1S/C24H18N4O6/c29-23(13-6-17-4-11-21(12-5-17)32-15-19-3-1-2-14-25-19)33-16-22-26-27-24(34-22)18-7-9-20(10-8-18)28(30)31/h1-14H,15-16H2/b13-6+. The molecule has 2 aromatic heterocycles. The number of esters is 1. The first-order chi connectivity index (χ1) is 16.6. The number of ether oxygens (including phenoxy) is 2. The lowest BCUT2D eigenvalue weighted by atomic mass is 10.2. The molecule has 0 spiro atoms. The van der Waals surface area contributed by atoms with Crippen molar-refractivity contribution in [1.29, 1.82) is 0 Å². The van der Waals surface area contributed by atoms with Gasteiger partial charge < -0.3 is 13.9 Å². The van der Waals surface area contributed by atoms with Gasteiger partial charge in [-0.05, 0) is 48.0 Å². The number of carbonyl (C=O) groups excluding carboxylic acids is 1. The number of nitro benzene ring substituents is 1. The van der Waals surface area contributed by atoms with E-state index in [0.717, 1.165) is 11.3 Å². The maximum Gasteiger partial charge on any atom is 0.331 e. The van der Waals surface area contributed by atoms with Crippen LogP contribution in [0.25, 0.3) is 17.5 Å². The van der Waals surface area contributed by atoms with Crippen LogP contribution in [0.5, 0.6) is 5.75 Å². The van der Waals surface area contributed by atoms with Crippen molar-refractivity contribution in [2.24, 2.45) is 0 Å². The summed E-state index contributed by atoms with van der Waals surface area (Å²) in [6.07, 6.45) is 4.61. The minimum Gasteiger partial charge on any atom is -0.487 e. The van der Waals surface area contributed by atoms with Crippen molar-refractivity contribution in [3.8, 4) is 17.2 Å². The Balaban J connectivity index is 1.25. The monoisotopic (exact) mass is 458 g/mol. The van der Waals surface area contributed by atoms with Crippen LogP contribution < -0.4 is 4.74 Å². The van der Waals surface area contributed by atoms with Gasteiger partial charge in [0.1, 0.15) is 12.4 Å². The largest absolute Gasteiger partial charge is 0.487 e. The molecule has 0 aliphatic rings. The number of rotatable bonds is 9. The molecule has 170 valence electrons. The molecule has 2 aromatic carbocycles. The molecule has 0 fully saturated rings. The molecule has 0 atom stereocenters. The van der Waals surface area contributed by atoms with Crippen LogP contribution >= 0.6 is 0 Å². The van der Waals surface area contributed by atoms with Gasteiger partial charge in [-0.25, -0.2) is 4.79 Å². The van der Waals surface area contributed by atoms with Gasteiger partial charge in [0.15, 0.2) is 6.61 Å². The van der Waals surface area contributed by atoms with Gasteiger partial charge >= 0.3 is 5.97 Å². The summed E-state index contributed by atoms with van der Waals surface area (Å²) in [6, 6.07) is 18.5. The smallest absolute Gasteiger partial charge is 0.331 e. The summed E-state index contributed by atoms with van der Waals surface area (Å²) in [6.45, 7) is 0.160. The van der Waals surface area contributed by atoms with E-state index >= 15 is 0 Å². The van der Waals surface area contributed by atoms with Gasteiger partial charge in [0.25, 0.3) is 11.6 Å². The van der Waals surface area contributed by atoms with Gasteiger partial charge in [-0.3, -0.25) is 15.1 Å². The highest BCUT2D eigenvalue weighted by Gasteiger charge is 2.12. The highest BCUT2D eigenvalue weighted by atomic mass is 16.6. The number of non-ortho nitro benzene ring substituents is 1. The van der Waals surface area contributed by atoms with Crippen molar-refractivity contribution in [3.63, 3.8) is 0 Å². The second kappa shape index (κ2) is 10.6. The number of pyridine rings is 1. The Morgan fingerprint density at radius 3 is 2.50 bits per heavy atom. The van der Waals surface area contributed by atoms with Gasteiger partial charge in [0.2, 0.25) is 5.89 Å². The Labute approximate surface area is 193 Å². The minimum atomic E-state index is -0.578. The van der Waals surface area contributed by atoms with Gasteiger partial charge in [-0.1, -0.05) is 18.2 Å². The van der Waals surface area contributed by atoms with Crippen LogP contribution in [-0.2, 0) is 22.7 Å². The molecule has 10 nitrogen and oxygen atoms in total. The molecular formula is C24H18N4O6. The fourth-order valence-corrected chi connectivity index (χ4v) is 2.82. The molecule has 0 aliphatic heterocycles. The van der Waals surface area contributed by atoms with Gasteiger partial charge in [0.05, 0.1) is 10.6 Å². The zero-order valence-electron chi connectivity index (χ0n) is 17.7. The van der Waals surface area contributed by atoms with E-state index in [1.807, 2.05) is 30.3 Å². The predicted octanol–water partition coefficient (Wildman–Crippen LogP) is 4.38. The highest BCUT2D eigenvalue weighted by molar-refractivity contribution is 5.87. The average Bonchev–Trinajstić information content (AvgIpc) is 3.35. The lowest BCUT2D eigenvalue weighted by molar-refractivity contribution is -0.384. The zero-order chi connectivity index (χ0) is 23.8. The van der Waals surface area contributed by atoms with Gasteiger partial charge in [-0.2, -0.15) is 0 Å². The molecule has 0 bridgehead atoms. The van der Waals surface area contributed by atoms with E-state index in [4.69, 9.17) is 13.9 Å². The van der Waals surface area contributed by atoms with Gasteiger partial charge in [-0.15, -0.1) is 10.2 Å². The molecule has 34 heavy (non-hydrogen) atoms. The SMILES string of the molecule is O=C(/C=C/c1ccc(OCc2ccccn2)cc1)OCc1nnc(-c2ccc([N+](=O)[O-])cc2)o1. The lowest BCUT2D eigenvalue weighted by Crippen LogP contribution is -2.01.